The third-order valence-electron chi connectivity index (χ3n) is 20.0. The van der Waals surface area contributed by atoms with Gasteiger partial charge in [0.15, 0.2) is 31.3 Å². The molecule has 5 heterocycles. The second-order valence-electron chi connectivity index (χ2n) is 26.4. The Balaban J connectivity index is 0.915. The fraction of sp³-hybridized carbons (Fsp3) is 0.906. The van der Waals surface area contributed by atoms with E-state index in [1.54, 1.807) is 6.92 Å². The maximum atomic E-state index is 14.4. The summed E-state index contributed by atoms with van der Waals surface area (Å²) in [5, 5.41) is 68.1. The predicted molar refractivity (Wildman–Crippen MR) is 286 cm³/mol. The number of fused-ring (bicyclic) bond motifs is 4. The van der Waals surface area contributed by atoms with Crippen LogP contribution in [0.3, 0.4) is 0 Å². The molecule has 5 saturated heterocycles. The van der Waals surface area contributed by atoms with E-state index in [1.807, 2.05) is 34.6 Å². The summed E-state index contributed by atoms with van der Waals surface area (Å²) in [5.41, 5.74) is -3.44. The van der Waals surface area contributed by atoms with E-state index in [2.05, 4.69) is 17.2 Å². The molecule has 5 aliphatic heterocycles. The van der Waals surface area contributed by atoms with Crippen molar-refractivity contribution in [1.29, 1.82) is 0 Å². The Morgan fingerprint density at radius 3 is 1.95 bits per heavy atom. The summed E-state index contributed by atoms with van der Waals surface area (Å²) < 4.78 is 173. The van der Waals surface area contributed by atoms with Crippen LogP contribution in [0, 0.1) is 45.3 Å². The van der Waals surface area contributed by atoms with Crippen molar-refractivity contribution >= 4 is 48.7 Å². The van der Waals surface area contributed by atoms with Gasteiger partial charge in [0.2, 0.25) is 0 Å². The molecule has 4 aliphatic carbocycles. The van der Waals surface area contributed by atoms with E-state index in [9.17, 15) is 79.4 Å². The standard InChI is InChI=1S/C53H82O31S3/c1-22(2)16-24(54)17-52(8)43-27(55)18-51(7)26-10-11-31-49(4,5)32(13-14-50(31,6)25(26)12-15-53(43,51)48(62)82-52)78-46-41(34(58)30(20-74-46)83-86(66,67)68)81-44-36(60)35(59)38(23(3)76-44)79-47-42(84-87(69,70)71)39(28(56)19-73-47)80-45-37(61)40(72-9)33(57)29(77-45)21-75-85(63,64)65/h10,22-23,25,28-47,56-61H,11-21H2,1-9H3,(H,63,64,65)(H,66,67,68)(H,69,70,71)/t23-,25+,28-,29-,30-,31+,32+,33-,34+,35-,36-,37-,38-,39+,40+,41-,42-,43-,44+,45+,46+,47+,50-,51+,52+,53+/m1/s1. The number of hydrogen-bond donors (Lipinski definition) is 9. The number of cyclic esters (lactones) is 1. The minimum absolute atomic E-state index is 0.0519. The molecule has 0 aromatic carbocycles. The van der Waals surface area contributed by atoms with Crippen LogP contribution in [0.1, 0.15) is 107 Å². The van der Waals surface area contributed by atoms with Crippen molar-refractivity contribution in [3.63, 3.8) is 0 Å². The number of ketones is 2. The van der Waals surface area contributed by atoms with E-state index < -0.39 is 207 Å². The SMILES string of the molecule is CO[C@@H]1[C@@H](O)[C@H](O[C@@H]2[C@@H](OS(=O)(=O)O)[C@H](O[C@H]3[C@H](O)[C@@H](O)[C@H](O[C@H]4[C@H](O[C@H]5CC[C@]6(C)[C@H]7CC[C@@]89C(=O)O[C@@](C)(CC(=O)CC(C)C)[C@H]8C(=O)C[C@@]9(C)C7=CC[C@H]6C5(C)C)OC[C@@H](OS(=O)(=O)O)[C@@H]4O)O[C@@H]3C)OC[C@H]2O)O[C@H](COS(=O)(=O)O)[C@H]1O. The first-order valence-electron chi connectivity index (χ1n) is 28.9. The monoisotopic (exact) mass is 1310 g/mol. The smallest absolute Gasteiger partial charge is 0.397 e. The van der Waals surface area contributed by atoms with Crippen LogP contribution in [0.15, 0.2) is 11.6 Å². The van der Waals surface area contributed by atoms with Crippen molar-refractivity contribution in [2.75, 3.05) is 26.9 Å². The van der Waals surface area contributed by atoms with Crippen molar-refractivity contribution in [1.82, 2.24) is 0 Å². The second-order valence-corrected chi connectivity index (χ2v) is 29.6. The number of allylic oxidation sites excluding steroid dienone is 2. The number of carbonyl (C=O) groups is 3. The van der Waals surface area contributed by atoms with E-state index >= 15 is 0 Å². The molecular formula is C53H82O31S3. The number of aliphatic hydroxyl groups excluding tert-OH is 6. The zero-order chi connectivity index (χ0) is 64.3. The molecule has 0 aromatic heterocycles. The van der Waals surface area contributed by atoms with Gasteiger partial charge in [-0.25, -0.2) is 12.5 Å². The molecule has 1 spiro atoms. The molecule has 0 unspecified atom stereocenters. The molecule has 31 nitrogen and oxygen atoms in total. The summed E-state index contributed by atoms with van der Waals surface area (Å²) in [6.45, 7) is 12.5. The lowest BCUT2D eigenvalue weighted by molar-refractivity contribution is -0.380. The lowest BCUT2D eigenvalue weighted by Gasteiger charge is -2.63. The number of rotatable bonds is 20. The molecule has 9 N–H and O–H groups in total. The molecule has 26 atom stereocenters. The molecule has 8 fully saturated rings. The van der Waals surface area contributed by atoms with Gasteiger partial charge in [0, 0.05) is 31.8 Å². The lowest BCUT2D eigenvalue weighted by Crippen LogP contribution is -2.66. The highest BCUT2D eigenvalue weighted by atomic mass is 32.3. The van der Waals surface area contributed by atoms with Gasteiger partial charge >= 0.3 is 37.2 Å². The van der Waals surface area contributed by atoms with E-state index in [1.165, 1.54) is 6.92 Å². The van der Waals surface area contributed by atoms with Gasteiger partial charge in [-0.15, -0.1) is 0 Å². The summed E-state index contributed by atoms with van der Waals surface area (Å²) >= 11 is 0. The zero-order valence-corrected chi connectivity index (χ0v) is 51.8. The Labute approximate surface area is 503 Å². The van der Waals surface area contributed by atoms with Gasteiger partial charge in [-0.3, -0.25) is 28.0 Å². The van der Waals surface area contributed by atoms with Crippen LogP contribution >= 0.6 is 0 Å². The van der Waals surface area contributed by atoms with Gasteiger partial charge in [0.25, 0.3) is 0 Å². The second kappa shape index (κ2) is 24.8. The van der Waals surface area contributed by atoms with Crippen molar-refractivity contribution in [2.24, 2.45) is 45.3 Å². The zero-order valence-electron chi connectivity index (χ0n) is 49.4. The Morgan fingerprint density at radius 2 is 1.32 bits per heavy atom. The molecule has 0 aromatic rings. The number of aliphatic hydroxyl groups is 6. The van der Waals surface area contributed by atoms with E-state index in [-0.39, 0.29) is 48.6 Å². The predicted octanol–water partition coefficient (Wildman–Crippen LogP) is -0.830. The average Bonchev–Trinajstić information content (AvgIpc) is 1.53. The normalized spacial score (nSPS) is 46.7. The van der Waals surface area contributed by atoms with Gasteiger partial charge in [0.05, 0.1) is 43.4 Å². The van der Waals surface area contributed by atoms with Crippen molar-refractivity contribution in [3.8, 4) is 0 Å². The number of ether oxygens (including phenoxy) is 10. The van der Waals surface area contributed by atoms with Crippen LogP contribution in [-0.4, -0.2) is 236 Å². The van der Waals surface area contributed by atoms with E-state index in [0.717, 1.165) is 12.7 Å². The van der Waals surface area contributed by atoms with Gasteiger partial charge in [0.1, 0.15) is 90.4 Å². The molecule has 9 aliphatic rings. The summed E-state index contributed by atoms with van der Waals surface area (Å²) in [6, 6.07) is 0. The van der Waals surface area contributed by atoms with Crippen LogP contribution < -0.4 is 0 Å². The quantitative estimate of drug-likeness (QED) is 0.0408. The fourth-order valence-electron chi connectivity index (χ4n) is 16.3. The molecular weight excluding hydrogens is 1230 g/mol. The first-order chi connectivity index (χ1) is 40.2. The number of hydrogen-bond acceptors (Lipinski definition) is 28. The molecule has 498 valence electrons. The molecule has 87 heavy (non-hydrogen) atoms. The maximum Gasteiger partial charge on any atom is 0.397 e. The van der Waals surface area contributed by atoms with Crippen LogP contribution in [0.2, 0.25) is 0 Å². The Hall–Kier alpha value is -2.44. The maximum absolute atomic E-state index is 14.4. The number of carbonyl (C=O) groups excluding carboxylic acids is 3. The fourth-order valence-corrected chi connectivity index (χ4v) is 17.5. The Bertz CT molecular complexity index is 2950. The largest absolute Gasteiger partial charge is 0.458 e. The van der Waals surface area contributed by atoms with Gasteiger partial charge in [-0.05, 0) is 74.5 Å². The summed E-state index contributed by atoms with van der Waals surface area (Å²) in [6.07, 6.45) is -30.2. The topological polar surface area (TPSA) is 456 Å². The van der Waals surface area contributed by atoms with Gasteiger partial charge in [-0.2, -0.15) is 25.3 Å². The minimum Gasteiger partial charge on any atom is -0.458 e. The lowest BCUT2D eigenvalue weighted by atomic mass is 9.41. The highest BCUT2D eigenvalue weighted by Crippen LogP contribution is 2.75. The molecule has 3 saturated carbocycles. The summed E-state index contributed by atoms with van der Waals surface area (Å²) in [5.74, 6) is -1.53. The van der Waals surface area contributed by atoms with Crippen LogP contribution in [-0.2, 0) is 105 Å². The Morgan fingerprint density at radius 1 is 0.701 bits per heavy atom. The average molecular weight is 1310 g/mol. The number of esters is 1. The highest BCUT2D eigenvalue weighted by Gasteiger charge is 2.79. The first kappa shape index (κ1) is 68.9. The van der Waals surface area contributed by atoms with Crippen molar-refractivity contribution in [3.05, 3.63) is 11.6 Å². The molecule has 0 bridgehead atoms. The van der Waals surface area contributed by atoms with Gasteiger partial charge in [-0.1, -0.05) is 53.2 Å². The van der Waals surface area contributed by atoms with Crippen molar-refractivity contribution in [2.45, 2.75) is 229 Å². The van der Waals surface area contributed by atoms with Gasteiger partial charge < -0.3 is 78.0 Å². The van der Waals surface area contributed by atoms with Crippen LogP contribution in [0.5, 0.6) is 0 Å². The molecule has 34 heteroatoms. The number of Topliss-reactive ketones (excluding diaryl/α,β-unsaturated/α-hetero) is 2. The molecule has 0 radical (unpaired) electrons. The third-order valence-corrected chi connectivity index (χ3v) is 21.4. The Kier molecular flexibility index (Phi) is 19.6. The minimum atomic E-state index is -5.55. The molecule has 0 amide bonds. The van der Waals surface area contributed by atoms with E-state index in [0.29, 0.717) is 32.1 Å². The van der Waals surface area contributed by atoms with Crippen LogP contribution in [0.4, 0.5) is 0 Å². The molecule has 9 rings (SSSR count). The first-order valence-corrected chi connectivity index (χ1v) is 33.0. The van der Waals surface area contributed by atoms with Crippen LogP contribution in [0.25, 0.3) is 0 Å². The summed E-state index contributed by atoms with van der Waals surface area (Å²) in [7, 11) is -14.9. The number of methoxy groups -OCH3 is 1. The highest BCUT2D eigenvalue weighted by molar-refractivity contribution is 7.81. The van der Waals surface area contributed by atoms with Crippen molar-refractivity contribution < 1.29 is 144 Å². The third kappa shape index (κ3) is 13.0. The summed E-state index contributed by atoms with van der Waals surface area (Å²) in [4.78, 5) is 42.0. The van der Waals surface area contributed by atoms with E-state index in [4.69, 9.17) is 60.3 Å².